The normalized spacial score (nSPS) is 8.95. The summed E-state index contributed by atoms with van der Waals surface area (Å²) in [6.45, 7) is 0. The summed E-state index contributed by atoms with van der Waals surface area (Å²) >= 11 is 0. The van der Waals surface area contributed by atoms with Crippen molar-refractivity contribution in [2.75, 3.05) is 0 Å². The molecule has 0 amide bonds. The number of nitro groups is 2. The molecule has 0 saturated carbocycles. The average Bonchev–Trinajstić information content (AvgIpc) is 2.88. The quantitative estimate of drug-likeness (QED) is 0.561. The van der Waals surface area contributed by atoms with E-state index in [4.69, 9.17) is 0 Å². The molecule has 0 atom stereocenters. The van der Waals surface area contributed by atoms with Crippen LogP contribution in [0.25, 0.3) is 0 Å². The molecule has 3 N–H and O–H groups in total. The number of hydrogen-bond acceptors (Lipinski definition) is 9. The highest BCUT2D eigenvalue weighted by Crippen LogP contribution is 2.00. The van der Waals surface area contributed by atoms with E-state index >= 15 is 0 Å². The first-order chi connectivity index (χ1) is 8.40. The molecule has 0 aliphatic rings. The highest BCUT2D eigenvalue weighted by atomic mass is 16.6. The SMILES string of the molecule is Cn1ncc([N+](=O)[O-])n1.Cn1ncc([N+](=O)[O-])n1.N. The smallest absolute Gasteiger partial charge is 0.358 e. The molecule has 0 aliphatic carbocycles. The fraction of sp³-hybridized carbons (Fsp3) is 0.333. The maximum absolute atomic E-state index is 9.90. The molecule has 104 valence electrons. The minimum absolute atomic E-state index is 0. The number of aromatic nitrogens is 6. The first kappa shape index (κ1) is 16.0. The van der Waals surface area contributed by atoms with E-state index in [1.54, 1.807) is 0 Å². The van der Waals surface area contributed by atoms with Crippen molar-refractivity contribution in [3.63, 3.8) is 0 Å². The molecule has 0 fully saturated rings. The molecule has 2 heterocycles. The molecule has 0 bridgehead atoms. The van der Waals surface area contributed by atoms with E-state index in [1.165, 1.54) is 14.1 Å². The number of hydrogen-bond donors (Lipinski definition) is 1. The van der Waals surface area contributed by atoms with Crippen LogP contribution in [0, 0.1) is 20.2 Å². The van der Waals surface area contributed by atoms with Crippen molar-refractivity contribution in [2.24, 2.45) is 14.1 Å². The molecule has 0 radical (unpaired) electrons. The second kappa shape index (κ2) is 6.70. The molecule has 0 aromatic carbocycles. The Kier molecular flexibility index (Phi) is 5.65. The van der Waals surface area contributed by atoms with Crippen LogP contribution >= 0.6 is 0 Å². The molecule has 0 saturated heterocycles. The lowest BCUT2D eigenvalue weighted by atomic mass is 10.8. The Bertz CT molecular complexity index is 510. The van der Waals surface area contributed by atoms with Crippen LogP contribution in [0.4, 0.5) is 11.6 Å². The van der Waals surface area contributed by atoms with Crippen molar-refractivity contribution in [3.8, 4) is 0 Å². The molecule has 13 nitrogen and oxygen atoms in total. The van der Waals surface area contributed by atoms with E-state index in [2.05, 4.69) is 20.4 Å². The first-order valence-corrected chi connectivity index (χ1v) is 4.41. The van der Waals surface area contributed by atoms with E-state index in [9.17, 15) is 20.2 Å². The molecule has 0 aliphatic heterocycles. The third-order valence-corrected chi connectivity index (χ3v) is 1.55. The summed E-state index contributed by atoms with van der Waals surface area (Å²) in [5.74, 6) is -0.449. The van der Waals surface area contributed by atoms with Gasteiger partial charge in [0.2, 0.25) is 0 Å². The lowest BCUT2D eigenvalue weighted by Gasteiger charge is -1.80. The molecule has 13 heteroatoms. The van der Waals surface area contributed by atoms with Crippen molar-refractivity contribution in [2.45, 2.75) is 0 Å². The van der Waals surface area contributed by atoms with Gasteiger partial charge in [-0.2, -0.15) is 0 Å². The van der Waals surface area contributed by atoms with Gasteiger partial charge in [-0.3, -0.25) is 0 Å². The Morgan fingerprint density at radius 1 is 0.947 bits per heavy atom. The largest absolute Gasteiger partial charge is 0.410 e. The van der Waals surface area contributed by atoms with Gasteiger partial charge >= 0.3 is 11.6 Å². The Morgan fingerprint density at radius 2 is 1.26 bits per heavy atom. The van der Waals surface area contributed by atoms with E-state index in [1.807, 2.05) is 0 Å². The van der Waals surface area contributed by atoms with Gasteiger partial charge in [-0.25, -0.2) is 0 Å². The molecular formula is C6H11N9O4. The predicted molar refractivity (Wildman–Crippen MR) is 60.3 cm³/mol. The number of nitrogens with zero attached hydrogens (tertiary/aromatic N) is 8. The zero-order valence-corrected chi connectivity index (χ0v) is 10.1. The van der Waals surface area contributed by atoms with Crippen molar-refractivity contribution in [1.29, 1.82) is 0 Å². The molecule has 0 unspecified atom stereocenters. The highest BCUT2D eigenvalue weighted by molar-refractivity contribution is 5.08. The van der Waals surface area contributed by atoms with Gasteiger partial charge in [0, 0.05) is 0 Å². The molecule has 0 spiro atoms. The minimum Gasteiger partial charge on any atom is -0.358 e. The predicted octanol–water partition coefficient (Wildman–Crippen LogP) is -0.391. The first-order valence-electron chi connectivity index (χ1n) is 4.41. The standard InChI is InChI=1S/2C3H4N4O2.H3N/c2*1-6-4-2-3(5-6)7(8)9;/h2*2H,1H3;1H3. The maximum Gasteiger partial charge on any atom is 0.410 e. The fourth-order valence-corrected chi connectivity index (χ4v) is 0.838. The molecule has 2 aromatic heterocycles. The molecular weight excluding hydrogens is 262 g/mol. The van der Waals surface area contributed by atoms with Gasteiger partial charge in [0.05, 0.1) is 24.3 Å². The Labute approximate surface area is 105 Å². The maximum atomic E-state index is 9.90. The number of aryl methyl sites for hydroxylation is 2. The van der Waals surface area contributed by atoms with Crippen LogP contribution in [0.3, 0.4) is 0 Å². The topological polar surface area (TPSA) is 183 Å². The van der Waals surface area contributed by atoms with E-state index < -0.39 is 9.85 Å². The van der Waals surface area contributed by atoms with Crippen molar-refractivity contribution in [3.05, 3.63) is 32.6 Å². The lowest BCUT2D eigenvalue weighted by molar-refractivity contribution is -0.390. The van der Waals surface area contributed by atoms with Crippen molar-refractivity contribution >= 4 is 11.6 Å². The fourth-order valence-electron chi connectivity index (χ4n) is 0.838. The van der Waals surface area contributed by atoms with E-state index in [-0.39, 0.29) is 17.8 Å². The minimum atomic E-state index is -0.590. The Balaban J connectivity index is 0.000000324. The summed E-state index contributed by atoms with van der Waals surface area (Å²) in [6.07, 6.45) is 2.19. The summed E-state index contributed by atoms with van der Waals surface area (Å²) in [7, 11) is 3.04. The van der Waals surface area contributed by atoms with Crippen LogP contribution < -0.4 is 6.15 Å². The van der Waals surface area contributed by atoms with Gasteiger partial charge in [-0.15, -0.1) is 10.2 Å². The van der Waals surface area contributed by atoms with Crippen LogP contribution in [0.2, 0.25) is 0 Å². The van der Waals surface area contributed by atoms with Gasteiger partial charge < -0.3 is 26.4 Å². The number of rotatable bonds is 2. The van der Waals surface area contributed by atoms with Crippen LogP contribution in [-0.2, 0) is 14.1 Å². The highest BCUT2D eigenvalue weighted by Gasteiger charge is 2.09. The molecule has 2 aromatic rings. The second-order valence-corrected chi connectivity index (χ2v) is 2.90. The Hall–Kier alpha value is -2.96. The third kappa shape index (κ3) is 4.82. The van der Waals surface area contributed by atoms with Gasteiger partial charge in [-0.1, -0.05) is 9.59 Å². The van der Waals surface area contributed by atoms with Gasteiger partial charge in [0.1, 0.15) is 0 Å². The van der Waals surface area contributed by atoms with E-state index in [0.29, 0.717) is 0 Å². The van der Waals surface area contributed by atoms with Crippen LogP contribution in [-0.4, -0.2) is 39.8 Å². The Morgan fingerprint density at radius 3 is 1.37 bits per heavy atom. The zero-order chi connectivity index (χ0) is 13.7. The van der Waals surface area contributed by atoms with Gasteiger partial charge in [0.25, 0.3) is 0 Å². The van der Waals surface area contributed by atoms with Crippen molar-refractivity contribution < 1.29 is 9.85 Å². The average molecular weight is 273 g/mol. The third-order valence-electron chi connectivity index (χ3n) is 1.55. The van der Waals surface area contributed by atoms with Crippen LogP contribution in [0.1, 0.15) is 0 Å². The molecule has 19 heavy (non-hydrogen) atoms. The summed E-state index contributed by atoms with van der Waals surface area (Å²) < 4.78 is 0. The van der Waals surface area contributed by atoms with Gasteiger partial charge in [0.15, 0.2) is 12.4 Å². The summed E-state index contributed by atoms with van der Waals surface area (Å²) in [4.78, 5) is 20.9. The summed E-state index contributed by atoms with van der Waals surface area (Å²) in [5.41, 5.74) is 0. The van der Waals surface area contributed by atoms with Gasteiger partial charge in [-0.05, 0) is 9.85 Å². The van der Waals surface area contributed by atoms with Crippen LogP contribution in [0.15, 0.2) is 12.4 Å². The summed E-state index contributed by atoms with van der Waals surface area (Å²) in [6, 6.07) is 0. The molecule has 2 rings (SSSR count). The van der Waals surface area contributed by atoms with E-state index in [0.717, 1.165) is 22.0 Å². The second-order valence-electron chi connectivity index (χ2n) is 2.90. The van der Waals surface area contributed by atoms with Crippen molar-refractivity contribution in [1.82, 2.24) is 36.1 Å². The zero-order valence-electron chi connectivity index (χ0n) is 10.1. The monoisotopic (exact) mass is 273 g/mol. The summed E-state index contributed by atoms with van der Waals surface area (Å²) in [5, 5.41) is 33.6. The van der Waals surface area contributed by atoms with Crippen LogP contribution in [0.5, 0.6) is 0 Å². The lowest BCUT2D eigenvalue weighted by Crippen LogP contribution is -1.93.